The molecule has 1 aromatic heterocycles. The van der Waals surface area contributed by atoms with E-state index in [0.717, 1.165) is 32.1 Å². The number of hydrogen-bond acceptors (Lipinski definition) is 8. The Morgan fingerprint density at radius 2 is 1.69 bits per heavy atom. The van der Waals surface area contributed by atoms with Crippen LogP contribution in [-0.2, 0) is 19.1 Å². The summed E-state index contributed by atoms with van der Waals surface area (Å²) in [4.78, 5) is 73.8. The number of rotatable bonds is 8. The lowest BCUT2D eigenvalue weighted by molar-refractivity contribution is -0.134. The number of aromatic nitrogens is 2. The van der Waals surface area contributed by atoms with Crippen LogP contribution in [-0.4, -0.2) is 82.8 Å². The SMILES string of the molecule is COC(=O)N1C[C@H](NC(=O)[C@@H](NC(=O)[C@@H](NC(=O)c2cnccn2)C2CCCCC2)C(C)(C)C)[C@H](C(C)=O)C1. The van der Waals surface area contributed by atoms with Crippen molar-refractivity contribution in [1.82, 2.24) is 30.8 Å². The molecule has 1 aliphatic carbocycles. The van der Waals surface area contributed by atoms with E-state index in [-0.39, 0.29) is 30.5 Å². The number of carbonyl (C=O) groups excluding carboxylic acids is 5. The van der Waals surface area contributed by atoms with Crippen LogP contribution in [0, 0.1) is 17.3 Å². The summed E-state index contributed by atoms with van der Waals surface area (Å²) >= 11 is 0. The topological polar surface area (TPSA) is 160 Å². The fourth-order valence-electron chi connectivity index (χ4n) is 5.31. The van der Waals surface area contributed by atoms with Crippen molar-refractivity contribution in [2.45, 2.75) is 77.9 Å². The maximum atomic E-state index is 13.7. The predicted molar refractivity (Wildman–Crippen MR) is 141 cm³/mol. The largest absolute Gasteiger partial charge is 0.453 e. The molecule has 0 spiro atoms. The van der Waals surface area contributed by atoms with E-state index in [4.69, 9.17) is 4.74 Å². The second kappa shape index (κ2) is 13.0. The predicted octanol–water partition coefficient (Wildman–Crippen LogP) is 1.46. The van der Waals surface area contributed by atoms with Gasteiger partial charge in [-0.1, -0.05) is 40.0 Å². The Kier molecular flexibility index (Phi) is 9.98. The van der Waals surface area contributed by atoms with Crippen LogP contribution >= 0.6 is 0 Å². The lowest BCUT2D eigenvalue weighted by Crippen LogP contribution is -2.61. The number of ketones is 1. The number of amides is 4. The maximum absolute atomic E-state index is 13.7. The zero-order valence-electron chi connectivity index (χ0n) is 23.4. The highest BCUT2D eigenvalue weighted by atomic mass is 16.5. The molecular formula is C27H40N6O6. The minimum Gasteiger partial charge on any atom is -0.453 e. The Hall–Kier alpha value is -3.57. The lowest BCUT2D eigenvalue weighted by atomic mass is 9.82. The van der Waals surface area contributed by atoms with Gasteiger partial charge in [0.25, 0.3) is 5.91 Å². The number of methoxy groups -OCH3 is 1. The van der Waals surface area contributed by atoms with Gasteiger partial charge in [-0.3, -0.25) is 24.2 Å². The highest BCUT2D eigenvalue weighted by Crippen LogP contribution is 2.28. The molecule has 2 heterocycles. The molecule has 2 fully saturated rings. The fourth-order valence-corrected chi connectivity index (χ4v) is 5.31. The first-order valence-corrected chi connectivity index (χ1v) is 13.4. The molecule has 0 unspecified atom stereocenters. The molecular weight excluding hydrogens is 504 g/mol. The van der Waals surface area contributed by atoms with Crippen molar-refractivity contribution >= 4 is 29.6 Å². The third-order valence-corrected chi connectivity index (χ3v) is 7.50. The summed E-state index contributed by atoms with van der Waals surface area (Å²) in [5, 5.41) is 8.60. The number of carbonyl (C=O) groups is 5. The van der Waals surface area contributed by atoms with Crippen LogP contribution in [0.15, 0.2) is 18.6 Å². The van der Waals surface area contributed by atoms with E-state index in [1.54, 1.807) is 0 Å². The van der Waals surface area contributed by atoms with Crippen LogP contribution < -0.4 is 16.0 Å². The molecule has 1 aliphatic heterocycles. The number of ether oxygens (including phenoxy) is 1. The summed E-state index contributed by atoms with van der Waals surface area (Å²) in [7, 11) is 1.26. The monoisotopic (exact) mass is 544 g/mol. The summed E-state index contributed by atoms with van der Waals surface area (Å²) in [5.74, 6) is -2.28. The number of nitrogens with one attached hydrogen (secondary N) is 3. The molecule has 4 atom stereocenters. The van der Waals surface area contributed by atoms with Crippen LogP contribution in [0.3, 0.4) is 0 Å². The van der Waals surface area contributed by atoms with Gasteiger partial charge in [0.1, 0.15) is 23.6 Å². The summed E-state index contributed by atoms with van der Waals surface area (Å²) < 4.78 is 4.78. The van der Waals surface area contributed by atoms with Gasteiger partial charge in [0, 0.05) is 25.5 Å². The molecule has 0 radical (unpaired) electrons. The fraction of sp³-hybridized carbons (Fsp3) is 0.667. The van der Waals surface area contributed by atoms with Crippen molar-refractivity contribution in [2.24, 2.45) is 17.3 Å². The summed E-state index contributed by atoms with van der Waals surface area (Å²) in [6, 6.07) is -2.45. The third-order valence-electron chi connectivity index (χ3n) is 7.50. The molecule has 3 N–H and O–H groups in total. The van der Waals surface area contributed by atoms with E-state index in [1.165, 1.54) is 37.5 Å². The van der Waals surface area contributed by atoms with Gasteiger partial charge < -0.3 is 25.6 Å². The first-order chi connectivity index (χ1) is 18.4. The molecule has 2 aliphatic rings. The number of hydrogen-bond donors (Lipinski definition) is 3. The average Bonchev–Trinajstić information content (AvgIpc) is 3.34. The Morgan fingerprint density at radius 3 is 2.26 bits per heavy atom. The third kappa shape index (κ3) is 7.73. The smallest absolute Gasteiger partial charge is 0.409 e. The van der Waals surface area contributed by atoms with Crippen molar-refractivity contribution < 1.29 is 28.7 Å². The second-order valence-corrected chi connectivity index (χ2v) is 11.5. The molecule has 1 aromatic rings. The van der Waals surface area contributed by atoms with Gasteiger partial charge in [-0.05, 0) is 31.1 Å². The molecule has 12 nitrogen and oxygen atoms in total. The number of likely N-dealkylation sites (tertiary alicyclic amines) is 1. The molecule has 1 saturated carbocycles. The van der Waals surface area contributed by atoms with Gasteiger partial charge >= 0.3 is 6.09 Å². The average molecular weight is 545 g/mol. The molecule has 214 valence electrons. The van der Waals surface area contributed by atoms with Gasteiger partial charge in [0.2, 0.25) is 11.8 Å². The molecule has 1 saturated heterocycles. The first kappa shape index (κ1) is 30.0. The minimum atomic E-state index is -0.968. The molecule has 3 rings (SSSR count). The highest BCUT2D eigenvalue weighted by molar-refractivity contribution is 5.97. The van der Waals surface area contributed by atoms with Crippen LogP contribution in [0.25, 0.3) is 0 Å². The van der Waals surface area contributed by atoms with E-state index in [0.29, 0.717) is 0 Å². The van der Waals surface area contributed by atoms with Crippen molar-refractivity contribution in [1.29, 1.82) is 0 Å². The summed E-state index contributed by atoms with van der Waals surface area (Å²) in [5.41, 5.74) is -0.596. The molecule has 0 bridgehead atoms. The van der Waals surface area contributed by atoms with Crippen LogP contribution in [0.5, 0.6) is 0 Å². The Bertz CT molecular complexity index is 1050. The Labute approximate surface area is 229 Å². The van der Waals surface area contributed by atoms with E-state index in [1.807, 2.05) is 20.8 Å². The van der Waals surface area contributed by atoms with Crippen LogP contribution in [0.1, 0.15) is 70.3 Å². The zero-order valence-corrected chi connectivity index (χ0v) is 23.4. The van der Waals surface area contributed by atoms with Gasteiger partial charge in [0.05, 0.1) is 25.3 Å². The molecule has 12 heteroatoms. The first-order valence-electron chi connectivity index (χ1n) is 13.4. The molecule has 4 amide bonds. The lowest BCUT2D eigenvalue weighted by Gasteiger charge is -2.35. The van der Waals surface area contributed by atoms with E-state index in [9.17, 15) is 24.0 Å². The van der Waals surface area contributed by atoms with E-state index < -0.39 is 53.3 Å². The zero-order chi connectivity index (χ0) is 28.7. The van der Waals surface area contributed by atoms with Crippen LogP contribution in [0.4, 0.5) is 4.79 Å². The van der Waals surface area contributed by atoms with Gasteiger partial charge in [0.15, 0.2) is 0 Å². The van der Waals surface area contributed by atoms with E-state index >= 15 is 0 Å². The van der Waals surface area contributed by atoms with Crippen molar-refractivity contribution in [3.8, 4) is 0 Å². The van der Waals surface area contributed by atoms with Crippen molar-refractivity contribution in [3.05, 3.63) is 24.3 Å². The normalized spacial score (nSPS) is 21.4. The Balaban J connectivity index is 1.78. The van der Waals surface area contributed by atoms with Gasteiger partial charge in [-0.15, -0.1) is 0 Å². The maximum Gasteiger partial charge on any atom is 0.409 e. The Morgan fingerprint density at radius 1 is 1.00 bits per heavy atom. The van der Waals surface area contributed by atoms with Gasteiger partial charge in [-0.25, -0.2) is 9.78 Å². The standard InChI is InChI=1S/C27H40N6O6/c1-16(34)18-14-33(26(38)39-5)15-20(18)30-25(37)22(27(2,3)4)32-24(36)21(17-9-7-6-8-10-17)31-23(35)19-13-28-11-12-29-19/h11-13,17-18,20-22H,6-10,14-15H2,1-5H3,(H,30,37)(H,31,35)(H,32,36)/t18-,20-,21-,22+/m0/s1. The second-order valence-electron chi connectivity index (χ2n) is 11.5. The summed E-state index contributed by atoms with van der Waals surface area (Å²) in [6.07, 6.45) is 8.13. The minimum absolute atomic E-state index is 0.0893. The molecule has 39 heavy (non-hydrogen) atoms. The van der Waals surface area contributed by atoms with E-state index in [2.05, 4.69) is 25.9 Å². The molecule has 0 aromatic carbocycles. The number of Topliss-reactive ketones (excluding diaryl/α,β-unsaturated/α-hetero) is 1. The van der Waals surface area contributed by atoms with Gasteiger partial charge in [-0.2, -0.15) is 0 Å². The quantitative estimate of drug-likeness (QED) is 0.443. The highest BCUT2D eigenvalue weighted by Gasteiger charge is 2.43. The van der Waals surface area contributed by atoms with Crippen LogP contribution in [0.2, 0.25) is 0 Å². The van der Waals surface area contributed by atoms with Crippen molar-refractivity contribution in [2.75, 3.05) is 20.2 Å². The number of nitrogens with zero attached hydrogens (tertiary/aromatic N) is 3. The summed E-state index contributed by atoms with van der Waals surface area (Å²) in [6.45, 7) is 7.14. The van der Waals surface area contributed by atoms with Crippen molar-refractivity contribution in [3.63, 3.8) is 0 Å².